The van der Waals surface area contributed by atoms with Crippen molar-refractivity contribution in [3.63, 3.8) is 0 Å². The Morgan fingerprint density at radius 2 is 1.73 bits per heavy atom. The SMILES string of the molecule is CCc1cc(Br)ccc1NC(=O)COC(=O)CN1C(=O)[C@H]2C[C@H](Br)[C@@H](Br)C[C@H]2C1=O. The van der Waals surface area contributed by atoms with Crippen LogP contribution in [0.4, 0.5) is 5.69 Å². The summed E-state index contributed by atoms with van der Waals surface area (Å²) in [5.41, 5.74) is 1.58. The van der Waals surface area contributed by atoms with Gasteiger partial charge in [-0.25, -0.2) is 0 Å². The molecule has 4 atom stereocenters. The second-order valence-electron chi connectivity index (χ2n) is 7.34. The van der Waals surface area contributed by atoms with Crippen LogP contribution >= 0.6 is 47.8 Å². The third kappa shape index (κ3) is 5.13. The first-order valence-electron chi connectivity index (χ1n) is 9.58. The number of aryl methyl sites for hydroxylation is 1. The number of fused-ring (bicyclic) bond motifs is 1. The van der Waals surface area contributed by atoms with Crippen LogP contribution in [0, 0.1) is 11.8 Å². The topological polar surface area (TPSA) is 92.8 Å². The minimum absolute atomic E-state index is 0.0951. The lowest BCUT2D eigenvalue weighted by Crippen LogP contribution is -2.37. The number of alkyl halides is 2. The van der Waals surface area contributed by atoms with Crippen LogP contribution in [0.5, 0.6) is 0 Å². The number of rotatable bonds is 6. The van der Waals surface area contributed by atoms with Crippen LogP contribution in [0.25, 0.3) is 0 Å². The number of hydrogen-bond acceptors (Lipinski definition) is 5. The number of benzene rings is 1. The van der Waals surface area contributed by atoms with Crippen molar-refractivity contribution in [2.24, 2.45) is 11.8 Å². The van der Waals surface area contributed by atoms with Gasteiger partial charge in [-0.1, -0.05) is 54.7 Å². The first kappa shape index (κ1) is 23.4. The lowest BCUT2D eigenvalue weighted by molar-refractivity contribution is -0.154. The Bertz CT molecular complexity index is 850. The number of carbonyl (C=O) groups excluding carboxylic acids is 4. The van der Waals surface area contributed by atoms with Gasteiger partial charge in [-0.15, -0.1) is 0 Å². The smallest absolute Gasteiger partial charge is 0.326 e. The summed E-state index contributed by atoms with van der Waals surface area (Å²) in [6.45, 7) is 0.999. The normalized spacial score (nSPS) is 25.8. The van der Waals surface area contributed by atoms with Crippen molar-refractivity contribution in [2.45, 2.75) is 35.8 Å². The molecule has 30 heavy (non-hydrogen) atoms. The van der Waals surface area contributed by atoms with E-state index in [4.69, 9.17) is 4.74 Å². The molecule has 162 valence electrons. The Hall–Kier alpha value is -1.26. The molecule has 1 aromatic carbocycles. The van der Waals surface area contributed by atoms with Crippen molar-refractivity contribution in [2.75, 3.05) is 18.5 Å². The lowest BCUT2D eigenvalue weighted by Gasteiger charge is -2.29. The molecule has 1 aliphatic carbocycles. The van der Waals surface area contributed by atoms with Gasteiger partial charge in [0.05, 0.1) is 11.8 Å². The maximum absolute atomic E-state index is 12.6. The second-order valence-corrected chi connectivity index (χ2v) is 10.6. The van der Waals surface area contributed by atoms with E-state index in [9.17, 15) is 19.2 Å². The van der Waals surface area contributed by atoms with Crippen LogP contribution in [-0.2, 0) is 30.3 Å². The minimum Gasteiger partial charge on any atom is -0.454 e. The minimum atomic E-state index is -0.789. The number of anilines is 1. The Morgan fingerprint density at radius 3 is 2.30 bits per heavy atom. The zero-order valence-corrected chi connectivity index (χ0v) is 21.0. The van der Waals surface area contributed by atoms with Crippen LogP contribution < -0.4 is 5.32 Å². The number of likely N-dealkylation sites (tertiary alicyclic amines) is 1. The maximum atomic E-state index is 12.6. The van der Waals surface area contributed by atoms with Gasteiger partial charge in [-0.2, -0.15) is 0 Å². The zero-order valence-electron chi connectivity index (χ0n) is 16.2. The first-order valence-corrected chi connectivity index (χ1v) is 12.2. The molecule has 1 aromatic rings. The molecule has 1 heterocycles. The fourth-order valence-electron chi connectivity index (χ4n) is 3.80. The van der Waals surface area contributed by atoms with Gasteiger partial charge in [0.1, 0.15) is 6.54 Å². The molecule has 1 aliphatic heterocycles. The van der Waals surface area contributed by atoms with Crippen LogP contribution in [0.2, 0.25) is 0 Å². The maximum Gasteiger partial charge on any atom is 0.326 e. The van der Waals surface area contributed by atoms with Gasteiger partial charge in [-0.3, -0.25) is 24.1 Å². The summed E-state index contributed by atoms with van der Waals surface area (Å²) >= 11 is 10.4. The number of nitrogens with zero attached hydrogens (tertiary/aromatic N) is 1. The molecule has 1 saturated heterocycles. The van der Waals surface area contributed by atoms with E-state index in [1.54, 1.807) is 12.1 Å². The highest BCUT2D eigenvalue weighted by atomic mass is 79.9. The van der Waals surface area contributed by atoms with E-state index in [1.807, 2.05) is 13.0 Å². The van der Waals surface area contributed by atoms with Crippen LogP contribution in [0.15, 0.2) is 22.7 Å². The summed E-state index contributed by atoms with van der Waals surface area (Å²) in [4.78, 5) is 50.7. The lowest BCUT2D eigenvalue weighted by atomic mass is 9.81. The predicted molar refractivity (Wildman–Crippen MR) is 121 cm³/mol. The molecule has 0 unspecified atom stereocenters. The van der Waals surface area contributed by atoms with Crippen LogP contribution in [-0.4, -0.2) is 51.4 Å². The number of amides is 3. The Labute approximate surface area is 199 Å². The monoisotopic (exact) mass is 606 g/mol. The van der Waals surface area contributed by atoms with Crippen molar-refractivity contribution in [1.29, 1.82) is 0 Å². The fraction of sp³-hybridized carbons (Fsp3) is 0.500. The summed E-state index contributed by atoms with van der Waals surface area (Å²) in [5, 5.41) is 2.71. The van der Waals surface area contributed by atoms with E-state index in [2.05, 4.69) is 53.1 Å². The number of ether oxygens (including phenoxy) is 1. The third-order valence-corrected chi connectivity index (χ3v) is 8.60. The number of esters is 1. The zero-order chi connectivity index (χ0) is 22.0. The molecule has 3 amide bonds. The number of halogens is 3. The van der Waals surface area contributed by atoms with Crippen LogP contribution in [0.3, 0.4) is 0 Å². The van der Waals surface area contributed by atoms with E-state index in [0.717, 1.165) is 21.4 Å². The molecule has 0 spiro atoms. The average Bonchev–Trinajstić information content (AvgIpc) is 2.92. The summed E-state index contributed by atoms with van der Waals surface area (Å²) < 4.78 is 5.91. The number of carbonyl (C=O) groups is 4. The van der Waals surface area contributed by atoms with E-state index in [0.29, 0.717) is 18.5 Å². The molecule has 3 rings (SSSR count). The summed E-state index contributed by atoms with van der Waals surface area (Å²) in [6, 6.07) is 5.47. The molecule has 7 nitrogen and oxygen atoms in total. The van der Waals surface area contributed by atoms with Crippen LogP contribution in [0.1, 0.15) is 25.3 Å². The molecule has 0 radical (unpaired) electrons. The highest BCUT2D eigenvalue weighted by Gasteiger charge is 2.52. The van der Waals surface area contributed by atoms with E-state index in [1.165, 1.54) is 0 Å². The standard InChI is InChI=1S/C20H21Br3N2O5/c1-2-10-5-11(21)3-4-16(10)24-17(26)9-30-18(27)8-25-19(28)12-6-14(22)15(23)7-13(12)20(25)29/h3-5,12-15H,2,6-9H2,1H3,(H,24,26)/t12-,13+,14-,15-/m0/s1. The van der Waals surface area contributed by atoms with E-state index >= 15 is 0 Å². The molecular weight excluding hydrogens is 588 g/mol. The second kappa shape index (κ2) is 9.91. The molecule has 10 heteroatoms. The largest absolute Gasteiger partial charge is 0.454 e. The molecule has 1 saturated carbocycles. The van der Waals surface area contributed by atoms with Crippen molar-refractivity contribution >= 4 is 77.2 Å². The van der Waals surface area contributed by atoms with Gasteiger partial charge in [-0.05, 0) is 43.0 Å². The predicted octanol–water partition coefficient (Wildman–Crippen LogP) is 3.42. The highest BCUT2D eigenvalue weighted by Crippen LogP contribution is 2.43. The third-order valence-electron chi connectivity index (χ3n) is 5.38. The van der Waals surface area contributed by atoms with Gasteiger partial charge in [0.15, 0.2) is 6.61 Å². The highest BCUT2D eigenvalue weighted by molar-refractivity contribution is 9.12. The van der Waals surface area contributed by atoms with Gasteiger partial charge in [0.2, 0.25) is 11.8 Å². The average molecular weight is 609 g/mol. The van der Waals surface area contributed by atoms with Gasteiger partial charge in [0, 0.05) is 19.8 Å². The summed E-state index contributed by atoms with van der Waals surface area (Å²) in [7, 11) is 0. The molecule has 2 aliphatic rings. The Morgan fingerprint density at radius 1 is 1.13 bits per heavy atom. The number of nitrogens with one attached hydrogen (secondary N) is 1. The summed E-state index contributed by atoms with van der Waals surface area (Å²) in [5.74, 6) is -2.82. The molecule has 0 bridgehead atoms. The first-order chi connectivity index (χ1) is 14.2. The Kier molecular flexibility index (Phi) is 7.73. The van der Waals surface area contributed by atoms with Gasteiger partial charge >= 0.3 is 5.97 Å². The van der Waals surface area contributed by atoms with Crippen molar-refractivity contribution in [1.82, 2.24) is 4.90 Å². The van der Waals surface area contributed by atoms with E-state index < -0.39 is 36.9 Å². The number of hydrogen-bond donors (Lipinski definition) is 1. The summed E-state index contributed by atoms with van der Waals surface area (Å²) in [6.07, 6.45) is 1.79. The Balaban J connectivity index is 1.53. The molecule has 1 N–H and O–H groups in total. The van der Waals surface area contributed by atoms with Crippen molar-refractivity contribution in [3.8, 4) is 0 Å². The quantitative estimate of drug-likeness (QED) is 0.304. The molecule has 2 fully saturated rings. The van der Waals surface area contributed by atoms with E-state index in [-0.39, 0.29) is 21.5 Å². The van der Waals surface area contributed by atoms with Gasteiger partial charge < -0.3 is 10.1 Å². The molecule has 0 aromatic heterocycles. The number of imide groups is 1. The fourth-order valence-corrected chi connectivity index (χ4v) is 5.45. The van der Waals surface area contributed by atoms with Gasteiger partial charge in [0.25, 0.3) is 5.91 Å². The van der Waals surface area contributed by atoms with Crippen molar-refractivity contribution < 1.29 is 23.9 Å². The van der Waals surface area contributed by atoms with Crippen molar-refractivity contribution in [3.05, 3.63) is 28.2 Å². The molecular formula is C20H21Br3N2O5.